The highest BCUT2D eigenvalue weighted by molar-refractivity contribution is 7.89. The molecule has 9 nitrogen and oxygen atoms in total. The van der Waals surface area contributed by atoms with E-state index in [-0.39, 0.29) is 30.0 Å². The molecule has 2 N–H and O–H groups in total. The van der Waals surface area contributed by atoms with Crippen LogP contribution in [0.3, 0.4) is 0 Å². The van der Waals surface area contributed by atoms with Crippen LogP contribution in [0.25, 0.3) is 0 Å². The highest BCUT2D eigenvalue weighted by Crippen LogP contribution is 2.26. The van der Waals surface area contributed by atoms with Crippen molar-refractivity contribution in [3.05, 3.63) is 54.6 Å². The summed E-state index contributed by atoms with van der Waals surface area (Å²) in [6.07, 6.45) is 0.193. The van der Waals surface area contributed by atoms with Gasteiger partial charge in [-0.05, 0) is 43.7 Å². The van der Waals surface area contributed by atoms with E-state index in [1.165, 1.54) is 16.4 Å². The molecule has 0 aromatic heterocycles. The lowest BCUT2D eigenvalue weighted by Crippen LogP contribution is -2.58. The van der Waals surface area contributed by atoms with Crippen molar-refractivity contribution in [1.29, 1.82) is 0 Å². The summed E-state index contributed by atoms with van der Waals surface area (Å²) in [6.45, 7) is 4.01. The zero-order valence-corrected chi connectivity index (χ0v) is 20.0. The van der Waals surface area contributed by atoms with Gasteiger partial charge >= 0.3 is 0 Å². The number of hydrogen-bond acceptors (Lipinski definition) is 7. The van der Waals surface area contributed by atoms with E-state index in [2.05, 4.69) is 5.32 Å². The number of anilines is 1. The molecular weight excluding hydrogens is 458 g/mol. The van der Waals surface area contributed by atoms with E-state index in [0.717, 1.165) is 0 Å². The predicted octanol–water partition coefficient (Wildman–Crippen LogP) is 1.55. The zero-order valence-electron chi connectivity index (χ0n) is 19.2. The second-order valence-electron chi connectivity index (χ2n) is 8.87. The molecule has 1 amide bonds. The number of piperidine rings is 1. The van der Waals surface area contributed by atoms with E-state index in [9.17, 15) is 18.3 Å². The summed E-state index contributed by atoms with van der Waals surface area (Å²) in [7, 11) is -3.65. The average Bonchev–Trinajstić information content (AvgIpc) is 2.82. The van der Waals surface area contributed by atoms with Crippen LogP contribution in [0.5, 0.6) is 5.75 Å². The fourth-order valence-electron chi connectivity index (χ4n) is 4.30. The largest absolute Gasteiger partial charge is 0.487 e. The molecular formula is C24H31N3O6S. The number of morpholine rings is 1. The van der Waals surface area contributed by atoms with Crippen LogP contribution in [0.15, 0.2) is 59.5 Å². The Morgan fingerprint density at radius 2 is 1.88 bits per heavy atom. The molecule has 2 fully saturated rings. The van der Waals surface area contributed by atoms with Gasteiger partial charge in [-0.2, -0.15) is 4.31 Å². The van der Waals surface area contributed by atoms with Crippen molar-refractivity contribution in [3.8, 4) is 5.75 Å². The van der Waals surface area contributed by atoms with E-state index in [1.54, 1.807) is 19.1 Å². The molecule has 2 saturated heterocycles. The van der Waals surface area contributed by atoms with Crippen LogP contribution in [0.1, 0.15) is 13.3 Å². The maximum absolute atomic E-state index is 12.9. The number of nitrogens with zero attached hydrogens (tertiary/aromatic N) is 2. The normalized spacial score (nSPS) is 24.5. The Kier molecular flexibility index (Phi) is 7.54. The first kappa shape index (κ1) is 24.6. The van der Waals surface area contributed by atoms with Crippen molar-refractivity contribution in [2.45, 2.75) is 29.9 Å². The van der Waals surface area contributed by atoms with Gasteiger partial charge in [0.1, 0.15) is 17.5 Å². The van der Waals surface area contributed by atoms with Crippen molar-refractivity contribution >= 4 is 21.6 Å². The minimum Gasteiger partial charge on any atom is -0.487 e. The molecule has 0 unspecified atom stereocenters. The van der Waals surface area contributed by atoms with Crippen LogP contribution in [0.4, 0.5) is 5.69 Å². The quantitative estimate of drug-likeness (QED) is 0.608. The van der Waals surface area contributed by atoms with Gasteiger partial charge in [-0.15, -0.1) is 0 Å². The van der Waals surface area contributed by atoms with Crippen LogP contribution in [-0.2, 0) is 19.6 Å². The van der Waals surface area contributed by atoms with E-state index >= 15 is 0 Å². The Balaban J connectivity index is 1.34. The van der Waals surface area contributed by atoms with Crippen molar-refractivity contribution in [2.24, 2.45) is 0 Å². The molecule has 10 heteroatoms. The second kappa shape index (κ2) is 10.4. The first-order valence-electron chi connectivity index (χ1n) is 11.4. The molecule has 4 rings (SSSR count). The molecule has 0 aliphatic carbocycles. The van der Waals surface area contributed by atoms with Crippen molar-refractivity contribution in [1.82, 2.24) is 9.21 Å². The third kappa shape index (κ3) is 5.94. The van der Waals surface area contributed by atoms with Crippen LogP contribution < -0.4 is 10.1 Å². The number of hydrogen-bond donors (Lipinski definition) is 2. The molecule has 2 aromatic carbocycles. The minimum atomic E-state index is -3.65. The molecule has 34 heavy (non-hydrogen) atoms. The van der Waals surface area contributed by atoms with E-state index in [4.69, 9.17) is 9.47 Å². The summed E-state index contributed by atoms with van der Waals surface area (Å²) in [5, 5.41) is 13.7. The molecule has 2 aromatic rings. The molecule has 2 atom stereocenters. The number of ether oxygens (including phenoxy) is 2. The van der Waals surface area contributed by atoms with E-state index < -0.39 is 15.6 Å². The van der Waals surface area contributed by atoms with Crippen LogP contribution >= 0.6 is 0 Å². The molecule has 2 aliphatic rings. The van der Waals surface area contributed by atoms with Crippen molar-refractivity contribution in [2.75, 3.05) is 51.3 Å². The van der Waals surface area contributed by atoms with Crippen molar-refractivity contribution in [3.63, 3.8) is 0 Å². The standard InChI is InChI=1S/C24H31N3O6S/c1-24(29)18-26(11-10-22(24)33-20-7-3-2-4-8-20)17-23(28)25-19-6-5-9-21(16-19)34(30,31)27-12-14-32-15-13-27/h2-9,16,22,29H,10-15,17-18H2,1H3,(H,25,28)/t22-,24-/m0/s1. The van der Waals surface area contributed by atoms with Gasteiger partial charge in [0.15, 0.2) is 0 Å². The predicted molar refractivity (Wildman–Crippen MR) is 127 cm³/mol. The lowest BCUT2D eigenvalue weighted by molar-refractivity contribution is -0.123. The fraction of sp³-hybridized carbons (Fsp3) is 0.458. The zero-order chi connectivity index (χ0) is 24.2. The van der Waals surface area contributed by atoms with Gasteiger partial charge in [0.05, 0.1) is 24.7 Å². The molecule has 0 spiro atoms. The fourth-order valence-corrected chi connectivity index (χ4v) is 5.76. The first-order chi connectivity index (χ1) is 16.2. The summed E-state index contributed by atoms with van der Waals surface area (Å²) in [5.41, 5.74) is -0.714. The number of carbonyl (C=O) groups is 1. The minimum absolute atomic E-state index is 0.0780. The Bertz CT molecular complexity index is 1090. The molecule has 184 valence electrons. The monoisotopic (exact) mass is 489 g/mol. The maximum atomic E-state index is 12.9. The van der Waals surface area contributed by atoms with E-state index in [0.29, 0.717) is 50.7 Å². The van der Waals surface area contributed by atoms with Gasteiger partial charge in [-0.25, -0.2) is 8.42 Å². The SMILES string of the molecule is C[C@]1(O)CN(CC(=O)Nc2cccc(S(=O)(=O)N3CCOCC3)c2)CC[C@@H]1Oc1ccccc1. The molecule has 2 heterocycles. The molecule has 2 aliphatic heterocycles. The average molecular weight is 490 g/mol. The number of aliphatic hydroxyl groups is 1. The third-order valence-electron chi connectivity index (χ3n) is 6.06. The lowest BCUT2D eigenvalue weighted by atomic mass is 9.91. The topological polar surface area (TPSA) is 108 Å². The lowest BCUT2D eigenvalue weighted by Gasteiger charge is -2.42. The number of amides is 1. The number of β-amino-alcohol motifs (C(OH)–C–C–N with tert-alkyl or cyclic N) is 1. The summed E-state index contributed by atoms with van der Waals surface area (Å²) in [4.78, 5) is 14.7. The number of benzene rings is 2. The number of nitrogens with one attached hydrogen (secondary N) is 1. The molecule has 0 bridgehead atoms. The summed E-state index contributed by atoms with van der Waals surface area (Å²) >= 11 is 0. The highest BCUT2D eigenvalue weighted by atomic mass is 32.2. The highest BCUT2D eigenvalue weighted by Gasteiger charge is 2.40. The van der Waals surface area contributed by atoms with Gasteiger partial charge < -0.3 is 19.9 Å². The van der Waals surface area contributed by atoms with Crippen molar-refractivity contribution < 1.29 is 27.8 Å². The Morgan fingerprint density at radius 3 is 2.59 bits per heavy atom. The number of sulfonamides is 1. The van der Waals surface area contributed by atoms with Gasteiger partial charge in [0.25, 0.3) is 0 Å². The van der Waals surface area contributed by atoms with Crippen LogP contribution in [-0.4, -0.2) is 86.3 Å². The Hall–Kier alpha value is -2.50. The smallest absolute Gasteiger partial charge is 0.243 e. The van der Waals surface area contributed by atoms with Crippen LogP contribution in [0.2, 0.25) is 0 Å². The molecule has 0 radical (unpaired) electrons. The van der Waals surface area contributed by atoms with Gasteiger partial charge in [0, 0.05) is 31.9 Å². The Morgan fingerprint density at radius 1 is 1.15 bits per heavy atom. The van der Waals surface area contributed by atoms with E-state index in [1.807, 2.05) is 35.2 Å². The summed E-state index contributed by atoms with van der Waals surface area (Å²) in [5.74, 6) is 0.421. The van der Waals surface area contributed by atoms with Gasteiger partial charge in [0.2, 0.25) is 15.9 Å². The number of rotatable bonds is 7. The number of likely N-dealkylation sites (tertiary alicyclic amines) is 1. The van der Waals surface area contributed by atoms with Crippen LogP contribution in [0, 0.1) is 0 Å². The molecule has 0 saturated carbocycles. The third-order valence-corrected chi connectivity index (χ3v) is 7.95. The number of para-hydroxylation sites is 1. The first-order valence-corrected chi connectivity index (χ1v) is 12.8. The summed E-state index contributed by atoms with van der Waals surface area (Å²) < 4.78 is 38.4. The van der Waals surface area contributed by atoms with Gasteiger partial charge in [-0.1, -0.05) is 24.3 Å². The number of carbonyl (C=O) groups excluding carboxylic acids is 1. The second-order valence-corrected chi connectivity index (χ2v) is 10.8. The van der Waals surface area contributed by atoms with Gasteiger partial charge in [-0.3, -0.25) is 9.69 Å². The summed E-state index contributed by atoms with van der Waals surface area (Å²) in [6, 6.07) is 15.6. The Labute approximate surface area is 200 Å². The maximum Gasteiger partial charge on any atom is 0.243 e.